The van der Waals surface area contributed by atoms with Crippen LogP contribution in [0, 0.1) is 0 Å². The summed E-state index contributed by atoms with van der Waals surface area (Å²) in [4.78, 5) is 19.0. The zero-order valence-corrected chi connectivity index (χ0v) is 17.6. The number of hydrogen-bond acceptors (Lipinski definition) is 5. The third-order valence-electron chi connectivity index (χ3n) is 5.74. The first-order valence-corrected chi connectivity index (χ1v) is 12.0. The number of amides is 1. The summed E-state index contributed by atoms with van der Waals surface area (Å²) in [5, 5.41) is 3.05. The molecule has 2 aliphatic rings. The number of halogens is 3. The van der Waals surface area contributed by atoms with Gasteiger partial charge in [-0.05, 0) is 55.0 Å². The van der Waals surface area contributed by atoms with Crippen molar-refractivity contribution < 1.29 is 27.1 Å². The number of alkyl halides is 3. The van der Waals surface area contributed by atoms with Crippen molar-refractivity contribution in [3.05, 3.63) is 52.8 Å². The molecule has 0 bridgehead atoms. The lowest BCUT2D eigenvalue weighted by molar-refractivity contribution is -0.137. The van der Waals surface area contributed by atoms with Crippen molar-refractivity contribution in [3.63, 3.8) is 0 Å². The molecule has 1 saturated heterocycles. The minimum atomic E-state index is -4.43. The maximum absolute atomic E-state index is 13.1. The van der Waals surface area contributed by atoms with Gasteiger partial charge in [-0.1, -0.05) is 6.07 Å². The molecule has 1 fully saturated rings. The summed E-state index contributed by atoms with van der Waals surface area (Å²) < 4.78 is 58.7. The summed E-state index contributed by atoms with van der Waals surface area (Å²) in [6, 6.07) is 4.99. The van der Waals surface area contributed by atoms with Gasteiger partial charge in [0.15, 0.2) is 0 Å². The van der Waals surface area contributed by atoms with E-state index in [9.17, 15) is 27.1 Å². The van der Waals surface area contributed by atoms with Gasteiger partial charge in [-0.3, -0.25) is 13.9 Å². The van der Waals surface area contributed by atoms with Crippen LogP contribution in [-0.2, 0) is 19.0 Å². The minimum absolute atomic E-state index is 0.163. The predicted molar refractivity (Wildman–Crippen MR) is 114 cm³/mol. The average Bonchev–Trinajstić information content (AvgIpc) is 2.73. The van der Waals surface area contributed by atoms with E-state index in [-0.39, 0.29) is 30.5 Å². The van der Waals surface area contributed by atoms with Crippen molar-refractivity contribution in [2.75, 3.05) is 29.9 Å². The Balaban J connectivity index is 1.61. The molecule has 1 aromatic heterocycles. The minimum Gasteiger partial charge on any atom is -0.354 e. The van der Waals surface area contributed by atoms with E-state index in [1.54, 1.807) is 11.0 Å². The zero-order chi connectivity index (χ0) is 22.2. The van der Waals surface area contributed by atoms with Crippen LogP contribution >= 0.6 is 10.6 Å². The number of benzene rings is 1. The number of rotatable bonds is 3. The van der Waals surface area contributed by atoms with Crippen LogP contribution in [-0.4, -0.2) is 49.5 Å². The molecular weight excluding hydrogens is 431 g/mol. The van der Waals surface area contributed by atoms with Gasteiger partial charge in [0.2, 0.25) is 0 Å². The van der Waals surface area contributed by atoms with Crippen molar-refractivity contribution in [2.24, 2.45) is 0 Å². The second-order valence-corrected chi connectivity index (χ2v) is 10.3. The van der Waals surface area contributed by atoms with Gasteiger partial charge in [-0.2, -0.15) is 23.8 Å². The van der Waals surface area contributed by atoms with Gasteiger partial charge in [0.25, 0.3) is 5.91 Å². The number of nitrogens with one attached hydrogen (secondary N) is 1. The highest BCUT2D eigenvalue weighted by Crippen LogP contribution is 2.41. The van der Waals surface area contributed by atoms with Crippen LogP contribution in [0.15, 0.2) is 30.5 Å². The normalized spacial score (nSPS) is 19.5. The SMILES string of the molecule is O=C(c1ncc(Nc2cccc(C(F)(F)F)c2)c2c1CCCC2)N1CCS(O)(O)CC1. The lowest BCUT2D eigenvalue weighted by Crippen LogP contribution is -2.43. The van der Waals surface area contributed by atoms with Crippen LogP contribution in [0.5, 0.6) is 0 Å². The molecule has 168 valence electrons. The predicted octanol–water partition coefficient (Wildman–Crippen LogP) is 4.93. The number of carbonyl (C=O) groups is 1. The second kappa shape index (κ2) is 8.33. The van der Waals surface area contributed by atoms with E-state index in [0.717, 1.165) is 36.1 Å². The molecule has 4 rings (SSSR count). The van der Waals surface area contributed by atoms with E-state index in [0.29, 0.717) is 29.9 Å². The Morgan fingerprint density at radius 2 is 1.77 bits per heavy atom. The lowest BCUT2D eigenvalue weighted by atomic mass is 9.89. The maximum atomic E-state index is 13.1. The van der Waals surface area contributed by atoms with Crippen LogP contribution in [0.4, 0.5) is 24.5 Å². The standard InChI is InChI=1S/C21H24F3N3O3S/c22-21(23,24)14-4-3-5-15(12-14)26-18-13-25-19(17-7-2-1-6-16(17)18)20(28)27-8-10-31(29,30)11-9-27/h3-5,12-13,26,29-30H,1-2,6-11H2. The number of carbonyl (C=O) groups excluding carboxylic acids is 1. The van der Waals surface area contributed by atoms with Crippen molar-refractivity contribution in [2.45, 2.75) is 31.9 Å². The quantitative estimate of drug-likeness (QED) is 0.611. The van der Waals surface area contributed by atoms with Gasteiger partial charge >= 0.3 is 6.18 Å². The average molecular weight is 456 g/mol. The number of fused-ring (bicyclic) bond motifs is 1. The summed E-state index contributed by atoms with van der Waals surface area (Å²) in [5.41, 5.74) is 2.27. The summed E-state index contributed by atoms with van der Waals surface area (Å²) in [7, 11) is -2.61. The molecule has 10 heteroatoms. The van der Waals surface area contributed by atoms with Gasteiger partial charge < -0.3 is 10.2 Å². The van der Waals surface area contributed by atoms with E-state index in [4.69, 9.17) is 0 Å². The van der Waals surface area contributed by atoms with Crippen molar-refractivity contribution in [1.82, 2.24) is 9.88 Å². The van der Waals surface area contributed by atoms with Crippen LogP contribution in [0.2, 0.25) is 0 Å². The van der Waals surface area contributed by atoms with E-state index < -0.39 is 22.3 Å². The summed E-state index contributed by atoms with van der Waals surface area (Å²) >= 11 is 0. The summed E-state index contributed by atoms with van der Waals surface area (Å²) in [6.45, 7) is 0.531. The van der Waals surface area contributed by atoms with E-state index >= 15 is 0 Å². The smallest absolute Gasteiger partial charge is 0.354 e. The van der Waals surface area contributed by atoms with Crippen LogP contribution in [0.3, 0.4) is 0 Å². The highest BCUT2D eigenvalue weighted by molar-refractivity contribution is 8.24. The van der Waals surface area contributed by atoms with E-state index in [1.807, 2.05) is 0 Å². The Morgan fingerprint density at radius 1 is 1.10 bits per heavy atom. The Hall–Kier alpha value is -2.30. The molecule has 1 amide bonds. The molecule has 6 nitrogen and oxygen atoms in total. The third-order valence-corrected chi connectivity index (χ3v) is 7.41. The van der Waals surface area contributed by atoms with Gasteiger partial charge in [0, 0.05) is 18.8 Å². The van der Waals surface area contributed by atoms with Crippen molar-refractivity contribution in [1.29, 1.82) is 0 Å². The first-order chi connectivity index (χ1) is 14.6. The van der Waals surface area contributed by atoms with Crippen LogP contribution in [0.1, 0.15) is 40.0 Å². The summed E-state index contributed by atoms with van der Waals surface area (Å²) in [5.74, 6) is 0.0883. The lowest BCUT2D eigenvalue weighted by Gasteiger charge is -2.41. The number of nitrogens with zero attached hydrogens (tertiary/aromatic N) is 2. The molecular formula is C21H24F3N3O3S. The number of aromatic nitrogens is 1. The number of pyridine rings is 1. The first kappa shape index (κ1) is 21.9. The Morgan fingerprint density at radius 3 is 2.45 bits per heavy atom. The molecule has 0 saturated carbocycles. The molecule has 1 aliphatic carbocycles. The molecule has 2 aromatic rings. The van der Waals surface area contributed by atoms with E-state index in [1.165, 1.54) is 12.3 Å². The highest BCUT2D eigenvalue weighted by Gasteiger charge is 2.31. The maximum Gasteiger partial charge on any atom is 0.416 e. The van der Waals surface area contributed by atoms with Crippen LogP contribution < -0.4 is 5.32 Å². The molecule has 0 spiro atoms. The monoisotopic (exact) mass is 455 g/mol. The van der Waals surface area contributed by atoms with Crippen molar-refractivity contribution >= 4 is 27.9 Å². The van der Waals surface area contributed by atoms with Gasteiger partial charge in [0.1, 0.15) is 5.69 Å². The Labute approximate surface area is 179 Å². The van der Waals surface area contributed by atoms with Gasteiger partial charge in [-0.25, -0.2) is 4.98 Å². The van der Waals surface area contributed by atoms with E-state index in [2.05, 4.69) is 10.3 Å². The van der Waals surface area contributed by atoms with Gasteiger partial charge in [-0.15, -0.1) is 0 Å². The molecule has 31 heavy (non-hydrogen) atoms. The largest absolute Gasteiger partial charge is 0.416 e. The molecule has 0 atom stereocenters. The van der Waals surface area contributed by atoms with Crippen molar-refractivity contribution in [3.8, 4) is 0 Å². The molecule has 0 unspecified atom stereocenters. The summed E-state index contributed by atoms with van der Waals surface area (Å²) in [6.07, 6.45) is 0.289. The first-order valence-electron chi connectivity index (χ1n) is 10.1. The molecule has 2 heterocycles. The molecule has 3 N–H and O–H groups in total. The Bertz CT molecular complexity index is 988. The molecule has 1 aromatic carbocycles. The Kier molecular flexibility index (Phi) is 5.89. The number of hydrogen-bond donors (Lipinski definition) is 3. The third kappa shape index (κ3) is 4.81. The highest BCUT2D eigenvalue weighted by atomic mass is 32.3. The van der Waals surface area contributed by atoms with Crippen LogP contribution in [0.25, 0.3) is 0 Å². The second-order valence-electron chi connectivity index (χ2n) is 7.89. The zero-order valence-electron chi connectivity index (χ0n) is 16.8. The molecule has 1 aliphatic heterocycles. The van der Waals surface area contributed by atoms with Gasteiger partial charge in [0.05, 0.1) is 29.0 Å². The molecule has 0 radical (unpaired) electrons. The topological polar surface area (TPSA) is 85.7 Å². The number of anilines is 2. The fourth-order valence-corrected chi connectivity index (χ4v) is 5.28. The fourth-order valence-electron chi connectivity index (χ4n) is 4.05. The fraction of sp³-hybridized carbons (Fsp3) is 0.429.